The van der Waals surface area contributed by atoms with E-state index in [0.717, 1.165) is 0 Å². The zero-order chi connectivity index (χ0) is 14.3. The first-order chi connectivity index (χ1) is 9.10. The number of rotatable bonds is 8. The Labute approximate surface area is 111 Å². The van der Waals surface area contributed by atoms with Crippen LogP contribution in [0.1, 0.15) is 6.42 Å². The van der Waals surface area contributed by atoms with Gasteiger partial charge in [-0.3, -0.25) is 10.1 Å². The Hall–Kier alpha value is -1.86. The van der Waals surface area contributed by atoms with Crippen molar-refractivity contribution in [1.82, 2.24) is 0 Å². The van der Waals surface area contributed by atoms with E-state index in [4.69, 9.17) is 9.47 Å². The second-order valence-electron chi connectivity index (χ2n) is 3.94. The van der Waals surface area contributed by atoms with Crippen molar-refractivity contribution in [2.45, 2.75) is 12.5 Å². The summed E-state index contributed by atoms with van der Waals surface area (Å²) >= 11 is 0. The molecule has 1 aromatic carbocycles. The van der Waals surface area contributed by atoms with Gasteiger partial charge in [-0.25, -0.2) is 0 Å². The summed E-state index contributed by atoms with van der Waals surface area (Å²) in [7, 11) is 2.89. The average molecular weight is 270 g/mol. The summed E-state index contributed by atoms with van der Waals surface area (Å²) in [5.74, 6) is 0.201. The summed E-state index contributed by atoms with van der Waals surface area (Å²) < 4.78 is 9.76. The predicted octanol–water partition coefficient (Wildman–Crippen LogP) is 1.41. The minimum atomic E-state index is -0.595. The molecule has 0 aliphatic rings. The third kappa shape index (κ3) is 4.38. The number of para-hydroxylation sites is 1. The van der Waals surface area contributed by atoms with Crippen LogP contribution in [-0.4, -0.2) is 43.5 Å². The summed E-state index contributed by atoms with van der Waals surface area (Å²) in [6.07, 6.45) is -0.162. The molecule has 7 heteroatoms. The fraction of sp³-hybridized carbons (Fsp3) is 0.500. The number of hydrogen-bond donors (Lipinski definition) is 2. The van der Waals surface area contributed by atoms with Gasteiger partial charge in [0.25, 0.3) is 0 Å². The van der Waals surface area contributed by atoms with Gasteiger partial charge in [-0.15, -0.1) is 0 Å². The summed E-state index contributed by atoms with van der Waals surface area (Å²) in [6, 6.07) is 4.80. The maximum Gasteiger partial charge on any atom is 0.333 e. The number of anilines is 1. The van der Waals surface area contributed by atoms with Gasteiger partial charge < -0.3 is 19.9 Å². The van der Waals surface area contributed by atoms with Crippen LogP contribution < -0.4 is 10.1 Å². The minimum absolute atomic E-state index is 0.105. The molecule has 0 saturated heterocycles. The van der Waals surface area contributed by atoms with Crippen molar-refractivity contribution in [2.24, 2.45) is 0 Å². The summed E-state index contributed by atoms with van der Waals surface area (Å²) in [4.78, 5) is 10.5. The molecule has 7 nitrogen and oxygen atoms in total. The first-order valence-electron chi connectivity index (χ1n) is 5.82. The lowest BCUT2D eigenvalue weighted by molar-refractivity contribution is -0.384. The smallest absolute Gasteiger partial charge is 0.333 e. The van der Waals surface area contributed by atoms with Crippen molar-refractivity contribution < 1.29 is 19.5 Å². The Kier molecular flexibility index (Phi) is 6.04. The second kappa shape index (κ2) is 7.55. The molecule has 0 radical (unpaired) electrons. The van der Waals surface area contributed by atoms with Crippen molar-refractivity contribution in [1.29, 1.82) is 0 Å². The first kappa shape index (κ1) is 15.2. The molecule has 0 spiro atoms. The van der Waals surface area contributed by atoms with E-state index < -0.39 is 11.0 Å². The molecule has 1 atom stereocenters. The van der Waals surface area contributed by atoms with Gasteiger partial charge in [0.1, 0.15) is 5.69 Å². The Bertz CT molecular complexity index is 425. The van der Waals surface area contributed by atoms with Gasteiger partial charge in [0, 0.05) is 13.7 Å². The topological polar surface area (TPSA) is 93.9 Å². The maximum absolute atomic E-state index is 11.0. The minimum Gasteiger partial charge on any atom is -0.490 e. The van der Waals surface area contributed by atoms with Gasteiger partial charge in [-0.2, -0.15) is 0 Å². The molecule has 0 heterocycles. The third-order valence-corrected chi connectivity index (χ3v) is 2.55. The molecular formula is C12H18N2O5. The van der Waals surface area contributed by atoms with Gasteiger partial charge in [-0.05, 0) is 18.6 Å². The quantitative estimate of drug-likeness (QED) is 0.548. The lowest BCUT2D eigenvalue weighted by Gasteiger charge is -2.12. The number of nitrogens with zero attached hydrogens (tertiary/aromatic N) is 1. The van der Waals surface area contributed by atoms with Gasteiger partial charge in [0.2, 0.25) is 0 Å². The standard InChI is InChI=1S/C12H18N2O5/c1-18-8-9(15)6-7-13-10-4-3-5-11(19-2)12(10)14(16)17/h3-5,9,13,15H,6-8H2,1-2H3. The van der Waals surface area contributed by atoms with E-state index in [2.05, 4.69) is 5.32 Å². The molecule has 0 saturated carbocycles. The maximum atomic E-state index is 11.0. The highest BCUT2D eigenvalue weighted by Gasteiger charge is 2.20. The fourth-order valence-corrected chi connectivity index (χ4v) is 1.67. The molecule has 1 rings (SSSR count). The van der Waals surface area contributed by atoms with Crippen LogP contribution in [0.3, 0.4) is 0 Å². The second-order valence-corrected chi connectivity index (χ2v) is 3.94. The largest absolute Gasteiger partial charge is 0.490 e. The molecule has 0 aliphatic carbocycles. The highest BCUT2D eigenvalue weighted by Crippen LogP contribution is 2.34. The molecule has 19 heavy (non-hydrogen) atoms. The van der Waals surface area contributed by atoms with Crippen LogP contribution in [-0.2, 0) is 4.74 Å². The van der Waals surface area contributed by atoms with Crippen LogP contribution in [0, 0.1) is 10.1 Å². The molecular weight excluding hydrogens is 252 g/mol. The van der Waals surface area contributed by atoms with Crippen molar-refractivity contribution in [3.8, 4) is 5.75 Å². The molecule has 0 aliphatic heterocycles. The molecule has 0 fully saturated rings. The van der Waals surface area contributed by atoms with Crippen LogP contribution in [0.25, 0.3) is 0 Å². The highest BCUT2D eigenvalue weighted by molar-refractivity contribution is 5.68. The van der Waals surface area contributed by atoms with E-state index in [0.29, 0.717) is 18.7 Å². The monoisotopic (exact) mass is 270 g/mol. The molecule has 0 amide bonds. The van der Waals surface area contributed by atoms with Gasteiger partial charge in [0.15, 0.2) is 5.75 Å². The van der Waals surface area contributed by atoms with Gasteiger partial charge in [0.05, 0.1) is 24.7 Å². The number of ether oxygens (including phenoxy) is 2. The van der Waals surface area contributed by atoms with Crippen LogP contribution in [0.5, 0.6) is 5.75 Å². The van der Waals surface area contributed by atoms with E-state index in [1.807, 2.05) is 0 Å². The number of nitro benzene ring substituents is 1. The van der Waals surface area contributed by atoms with E-state index >= 15 is 0 Å². The lowest BCUT2D eigenvalue weighted by Crippen LogP contribution is -2.18. The summed E-state index contributed by atoms with van der Waals surface area (Å²) in [6.45, 7) is 0.639. The zero-order valence-corrected chi connectivity index (χ0v) is 11.0. The van der Waals surface area contributed by atoms with Crippen molar-refractivity contribution in [3.63, 3.8) is 0 Å². The van der Waals surface area contributed by atoms with Crippen LogP contribution in [0.4, 0.5) is 11.4 Å². The van der Waals surface area contributed by atoms with Crippen LogP contribution in [0.2, 0.25) is 0 Å². The number of nitrogens with one attached hydrogen (secondary N) is 1. The molecule has 2 N–H and O–H groups in total. The molecule has 1 unspecified atom stereocenters. The Morgan fingerprint density at radius 1 is 1.47 bits per heavy atom. The van der Waals surface area contributed by atoms with Crippen LogP contribution >= 0.6 is 0 Å². The number of aliphatic hydroxyl groups excluding tert-OH is 1. The van der Waals surface area contributed by atoms with Crippen molar-refractivity contribution in [3.05, 3.63) is 28.3 Å². The summed E-state index contributed by atoms with van der Waals surface area (Å²) in [5, 5.41) is 23.4. The highest BCUT2D eigenvalue weighted by atomic mass is 16.6. The Morgan fingerprint density at radius 2 is 2.21 bits per heavy atom. The first-order valence-corrected chi connectivity index (χ1v) is 5.82. The SMILES string of the molecule is COCC(O)CCNc1cccc(OC)c1[N+](=O)[O-]. The van der Waals surface area contributed by atoms with Crippen molar-refractivity contribution in [2.75, 3.05) is 32.7 Å². The number of methoxy groups -OCH3 is 2. The summed E-state index contributed by atoms with van der Waals surface area (Å²) in [5.41, 5.74) is 0.264. The van der Waals surface area contributed by atoms with E-state index in [9.17, 15) is 15.2 Å². The molecule has 0 bridgehead atoms. The lowest BCUT2D eigenvalue weighted by atomic mass is 10.2. The van der Waals surface area contributed by atoms with Crippen molar-refractivity contribution >= 4 is 11.4 Å². The van der Waals surface area contributed by atoms with E-state index in [1.54, 1.807) is 12.1 Å². The fourth-order valence-electron chi connectivity index (χ4n) is 1.67. The Balaban J connectivity index is 2.70. The van der Waals surface area contributed by atoms with Gasteiger partial charge >= 0.3 is 5.69 Å². The van der Waals surface area contributed by atoms with Crippen LogP contribution in [0.15, 0.2) is 18.2 Å². The molecule has 1 aromatic rings. The molecule has 106 valence electrons. The predicted molar refractivity (Wildman–Crippen MR) is 70.6 cm³/mol. The van der Waals surface area contributed by atoms with E-state index in [-0.39, 0.29) is 18.0 Å². The average Bonchev–Trinajstić information content (AvgIpc) is 2.38. The number of aliphatic hydroxyl groups is 1. The third-order valence-electron chi connectivity index (χ3n) is 2.55. The Morgan fingerprint density at radius 3 is 2.79 bits per heavy atom. The zero-order valence-electron chi connectivity index (χ0n) is 11.0. The number of benzene rings is 1. The molecule has 0 aromatic heterocycles. The van der Waals surface area contributed by atoms with Gasteiger partial charge in [-0.1, -0.05) is 6.07 Å². The number of hydrogen-bond acceptors (Lipinski definition) is 6. The normalized spacial score (nSPS) is 11.9. The number of nitro groups is 1. The van der Waals surface area contributed by atoms with E-state index in [1.165, 1.54) is 20.3 Å².